The fourth-order valence-corrected chi connectivity index (χ4v) is 4.89. The Hall–Kier alpha value is -2.99. The molecule has 2 aliphatic rings. The van der Waals surface area contributed by atoms with Crippen molar-refractivity contribution in [1.82, 2.24) is 25.5 Å². The fourth-order valence-electron chi connectivity index (χ4n) is 4.89. The second-order valence-electron chi connectivity index (χ2n) is 8.35. The van der Waals surface area contributed by atoms with Crippen molar-refractivity contribution in [3.63, 3.8) is 0 Å². The predicted octanol–water partition coefficient (Wildman–Crippen LogP) is 3.50. The second kappa shape index (κ2) is 5.75. The van der Waals surface area contributed by atoms with Gasteiger partial charge in [-0.05, 0) is 38.0 Å². The number of para-hydroxylation sites is 1. The highest BCUT2D eigenvalue weighted by Crippen LogP contribution is 2.35. The number of nitrogens with zero attached hydrogens (tertiary/aromatic N) is 4. The van der Waals surface area contributed by atoms with E-state index in [0.29, 0.717) is 6.04 Å². The van der Waals surface area contributed by atoms with E-state index in [1.54, 1.807) is 0 Å². The summed E-state index contributed by atoms with van der Waals surface area (Å²) in [6.07, 6.45) is 4.31. The van der Waals surface area contributed by atoms with Gasteiger partial charge < -0.3 is 10.2 Å². The molecule has 0 saturated carbocycles. The van der Waals surface area contributed by atoms with Crippen LogP contribution in [0.4, 0.5) is 5.82 Å². The first-order chi connectivity index (χ1) is 13.7. The summed E-state index contributed by atoms with van der Waals surface area (Å²) in [5.74, 6) is 1.80. The van der Waals surface area contributed by atoms with E-state index < -0.39 is 0 Å². The van der Waals surface area contributed by atoms with E-state index in [0.717, 1.165) is 52.1 Å². The molecule has 0 unspecified atom stereocenters. The SMILES string of the molecule is C[C@]12CC[C@H](CN(c3nc(-c4cccc5[nH]ncc45)nc4ccccc34)C1)N2. The van der Waals surface area contributed by atoms with E-state index in [2.05, 4.69) is 51.6 Å². The van der Waals surface area contributed by atoms with Crippen LogP contribution in [0, 0.1) is 0 Å². The van der Waals surface area contributed by atoms with Gasteiger partial charge in [0.25, 0.3) is 0 Å². The van der Waals surface area contributed by atoms with Gasteiger partial charge in [0.1, 0.15) is 5.82 Å². The van der Waals surface area contributed by atoms with Crippen molar-refractivity contribution in [3.8, 4) is 11.4 Å². The number of piperazine rings is 1. The van der Waals surface area contributed by atoms with Crippen molar-refractivity contribution in [2.75, 3.05) is 18.0 Å². The summed E-state index contributed by atoms with van der Waals surface area (Å²) >= 11 is 0. The maximum atomic E-state index is 5.10. The summed E-state index contributed by atoms with van der Waals surface area (Å²) in [7, 11) is 0. The number of fused-ring (bicyclic) bond motifs is 4. The van der Waals surface area contributed by atoms with Crippen molar-refractivity contribution < 1.29 is 0 Å². The van der Waals surface area contributed by atoms with Gasteiger partial charge in [-0.2, -0.15) is 5.10 Å². The third-order valence-electron chi connectivity index (χ3n) is 6.19. The molecule has 2 saturated heterocycles. The minimum absolute atomic E-state index is 0.166. The van der Waals surface area contributed by atoms with Crippen LogP contribution in [0.5, 0.6) is 0 Å². The Labute approximate surface area is 163 Å². The Bertz CT molecular complexity index is 1200. The number of anilines is 1. The van der Waals surface area contributed by atoms with Gasteiger partial charge in [-0.3, -0.25) is 5.10 Å². The molecule has 0 spiro atoms. The molecule has 0 radical (unpaired) electrons. The molecule has 2 aromatic carbocycles. The minimum atomic E-state index is 0.166. The van der Waals surface area contributed by atoms with E-state index in [-0.39, 0.29) is 5.54 Å². The number of hydrogen-bond acceptors (Lipinski definition) is 5. The number of rotatable bonds is 2. The Morgan fingerprint density at radius 1 is 1.07 bits per heavy atom. The van der Waals surface area contributed by atoms with E-state index in [1.807, 2.05) is 24.4 Å². The van der Waals surface area contributed by atoms with Crippen molar-refractivity contribution in [2.24, 2.45) is 0 Å². The molecule has 140 valence electrons. The zero-order valence-corrected chi connectivity index (χ0v) is 15.8. The monoisotopic (exact) mass is 370 g/mol. The van der Waals surface area contributed by atoms with Crippen LogP contribution in [0.2, 0.25) is 0 Å². The minimum Gasteiger partial charge on any atom is -0.353 e. The molecule has 2 fully saturated rings. The van der Waals surface area contributed by atoms with E-state index in [9.17, 15) is 0 Å². The summed E-state index contributed by atoms with van der Waals surface area (Å²) in [5.41, 5.74) is 3.17. The molecule has 0 aliphatic carbocycles. The summed E-state index contributed by atoms with van der Waals surface area (Å²) in [5, 5.41) is 13.2. The first kappa shape index (κ1) is 16.0. The number of hydrogen-bond donors (Lipinski definition) is 2. The van der Waals surface area contributed by atoms with Gasteiger partial charge in [-0.15, -0.1) is 0 Å². The van der Waals surface area contributed by atoms with Gasteiger partial charge in [-0.1, -0.05) is 24.3 Å². The highest BCUT2D eigenvalue weighted by molar-refractivity contribution is 5.96. The molecular formula is C22H22N6. The summed E-state index contributed by atoms with van der Waals surface area (Å²) in [6.45, 7) is 4.29. The standard InChI is InChI=1S/C22H22N6/c1-22-10-9-14(26-22)12-28(13-22)21-16-5-2-3-7-18(16)24-20(25-21)15-6-4-8-19-17(15)11-23-27-19/h2-8,11,14,26H,9-10,12-13H2,1H3,(H,23,27)/t14-,22+/m1/s1. The molecule has 6 rings (SSSR count). The van der Waals surface area contributed by atoms with E-state index in [1.165, 1.54) is 12.8 Å². The molecule has 4 aromatic rings. The lowest BCUT2D eigenvalue weighted by Crippen LogP contribution is -2.58. The second-order valence-corrected chi connectivity index (χ2v) is 8.35. The Morgan fingerprint density at radius 3 is 2.93 bits per heavy atom. The van der Waals surface area contributed by atoms with Crippen LogP contribution in [0.3, 0.4) is 0 Å². The van der Waals surface area contributed by atoms with Gasteiger partial charge in [-0.25, -0.2) is 9.97 Å². The number of aromatic amines is 1. The molecule has 2 bridgehead atoms. The molecule has 2 aliphatic heterocycles. The third-order valence-corrected chi connectivity index (χ3v) is 6.19. The van der Waals surface area contributed by atoms with Crippen LogP contribution in [-0.4, -0.2) is 44.8 Å². The summed E-state index contributed by atoms with van der Waals surface area (Å²) < 4.78 is 0. The molecule has 28 heavy (non-hydrogen) atoms. The predicted molar refractivity (Wildman–Crippen MR) is 111 cm³/mol. The maximum Gasteiger partial charge on any atom is 0.162 e. The van der Waals surface area contributed by atoms with Crippen LogP contribution in [0.15, 0.2) is 48.7 Å². The summed E-state index contributed by atoms with van der Waals surface area (Å²) in [4.78, 5) is 12.5. The molecule has 2 atom stereocenters. The molecule has 4 heterocycles. The fraction of sp³-hybridized carbons (Fsp3) is 0.318. The lowest BCUT2D eigenvalue weighted by atomic mass is 10.00. The van der Waals surface area contributed by atoms with Crippen molar-refractivity contribution in [3.05, 3.63) is 48.7 Å². The Kier molecular flexibility index (Phi) is 3.29. The van der Waals surface area contributed by atoms with Gasteiger partial charge >= 0.3 is 0 Å². The molecule has 2 aromatic heterocycles. The quantitative estimate of drug-likeness (QED) is 0.565. The van der Waals surface area contributed by atoms with E-state index >= 15 is 0 Å². The largest absolute Gasteiger partial charge is 0.353 e. The maximum absolute atomic E-state index is 5.10. The van der Waals surface area contributed by atoms with Gasteiger partial charge in [0.05, 0.1) is 17.2 Å². The van der Waals surface area contributed by atoms with Crippen molar-refractivity contribution in [2.45, 2.75) is 31.3 Å². The van der Waals surface area contributed by atoms with Crippen LogP contribution < -0.4 is 10.2 Å². The molecule has 0 amide bonds. The molecule has 6 heteroatoms. The highest BCUT2D eigenvalue weighted by Gasteiger charge is 2.41. The number of H-pyrrole nitrogens is 1. The Morgan fingerprint density at radius 2 is 2.00 bits per heavy atom. The van der Waals surface area contributed by atoms with Crippen LogP contribution >= 0.6 is 0 Å². The van der Waals surface area contributed by atoms with Crippen LogP contribution in [-0.2, 0) is 0 Å². The topological polar surface area (TPSA) is 69.7 Å². The zero-order valence-electron chi connectivity index (χ0n) is 15.8. The normalized spacial score (nSPS) is 24.3. The lowest BCUT2D eigenvalue weighted by molar-refractivity contribution is 0.349. The molecule has 2 N–H and O–H groups in total. The average molecular weight is 370 g/mol. The van der Waals surface area contributed by atoms with Crippen molar-refractivity contribution in [1.29, 1.82) is 0 Å². The van der Waals surface area contributed by atoms with Gasteiger partial charge in [0.2, 0.25) is 0 Å². The first-order valence-electron chi connectivity index (χ1n) is 9.90. The lowest BCUT2D eigenvalue weighted by Gasteiger charge is -2.40. The average Bonchev–Trinajstić information content (AvgIpc) is 3.30. The highest BCUT2D eigenvalue weighted by atomic mass is 15.3. The van der Waals surface area contributed by atoms with Gasteiger partial charge in [0.15, 0.2) is 5.82 Å². The number of benzene rings is 2. The smallest absolute Gasteiger partial charge is 0.162 e. The zero-order chi connectivity index (χ0) is 18.7. The first-order valence-corrected chi connectivity index (χ1v) is 9.90. The van der Waals surface area contributed by atoms with E-state index in [4.69, 9.17) is 9.97 Å². The van der Waals surface area contributed by atoms with Crippen LogP contribution in [0.25, 0.3) is 33.2 Å². The third kappa shape index (κ3) is 2.41. The van der Waals surface area contributed by atoms with Gasteiger partial charge in [0, 0.05) is 41.0 Å². The number of nitrogens with one attached hydrogen (secondary N) is 2. The molecular weight excluding hydrogens is 348 g/mol. The Balaban J connectivity index is 1.56. The van der Waals surface area contributed by atoms with Crippen molar-refractivity contribution >= 4 is 27.6 Å². The number of aromatic nitrogens is 4. The summed E-state index contributed by atoms with van der Waals surface area (Å²) in [6, 6.07) is 15.0. The van der Waals surface area contributed by atoms with Crippen LogP contribution in [0.1, 0.15) is 19.8 Å². The molecule has 6 nitrogen and oxygen atoms in total.